The molecule has 0 bridgehead atoms. The third-order valence-corrected chi connectivity index (χ3v) is 6.12. The Hall–Kier alpha value is -3.31. The van der Waals surface area contributed by atoms with Gasteiger partial charge in [-0.3, -0.25) is 4.79 Å². The molecule has 3 N–H and O–H groups in total. The van der Waals surface area contributed by atoms with E-state index in [1.165, 1.54) is 50.7 Å². The van der Waals surface area contributed by atoms with Crippen LogP contribution in [0.2, 0.25) is 0 Å². The van der Waals surface area contributed by atoms with Crippen LogP contribution in [-0.2, 0) is 13.0 Å². The summed E-state index contributed by atoms with van der Waals surface area (Å²) in [6.07, 6.45) is 3.93. The number of ketones is 1. The highest BCUT2D eigenvalue weighted by atomic mass is 79.9. The number of nitrogens with two attached hydrogens (primary N) is 1. The lowest BCUT2D eigenvalue weighted by Gasteiger charge is -2.07. The van der Waals surface area contributed by atoms with E-state index in [0.717, 1.165) is 15.6 Å². The molecule has 0 atom stereocenters. The quantitative estimate of drug-likeness (QED) is 0.151. The largest absolute Gasteiger partial charge is 0.480 e. The fourth-order valence-electron chi connectivity index (χ4n) is 3.20. The molecule has 42 heavy (non-hydrogen) atoms. The van der Waals surface area contributed by atoms with E-state index in [1.54, 1.807) is 36.5 Å². The Kier molecular flexibility index (Phi) is 14.3. The van der Waals surface area contributed by atoms with Gasteiger partial charge in [-0.25, -0.2) is 23.5 Å². The summed E-state index contributed by atoms with van der Waals surface area (Å²) in [6.45, 7) is 0.472. The van der Waals surface area contributed by atoms with Gasteiger partial charge in [-0.2, -0.15) is 9.73 Å². The molecule has 4 rings (SSSR count). The molecule has 4 aromatic rings. The number of carbonyl (C=O) groups excluding carboxylic acids is 1. The molecule has 0 unspecified atom stereocenters. The summed E-state index contributed by atoms with van der Waals surface area (Å²) in [5.41, 5.74) is 7.65. The molecule has 0 aliphatic carbocycles. The van der Waals surface area contributed by atoms with Crippen LogP contribution in [0.15, 0.2) is 82.0 Å². The average Bonchev–Trinajstić information content (AvgIpc) is 3.01. The molecule has 2 aromatic carbocycles. The number of pyridine rings is 2. The van der Waals surface area contributed by atoms with Crippen molar-refractivity contribution in [3.05, 3.63) is 116 Å². The molecule has 2 aromatic heterocycles. The van der Waals surface area contributed by atoms with Crippen molar-refractivity contribution < 1.29 is 33.0 Å². The summed E-state index contributed by atoms with van der Waals surface area (Å²) >= 11 is 6.40. The predicted molar refractivity (Wildman–Crippen MR) is 168 cm³/mol. The van der Waals surface area contributed by atoms with Crippen LogP contribution in [0.4, 0.5) is 8.78 Å². The highest BCUT2D eigenvalue weighted by Gasteiger charge is 2.14. The van der Waals surface area contributed by atoms with Crippen molar-refractivity contribution in [2.24, 2.45) is 5.73 Å². The van der Waals surface area contributed by atoms with E-state index >= 15 is 0 Å². The van der Waals surface area contributed by atoms with Crippen LogP contribution < -0.4 is 15.2 Å². The number of benzene rings is 2. The Labute approximate surface area is 266 Å². The van der Waals surface area contributed by atoms with Crippen molar-refractivity contribution in [3.63, 3.8) is 0 Å². The van der Waals surface area contributed by atoms with Crippen LogP contribution in [0.5, 0.6) is 11.8 Å². The van der Waals surface area contributed by atoms with Gasteiger partial charge in [0, 0.05) is 34.3 Å². The van der Waals surface area contributed by atoms with Crippen LogP contribution in [0, 0.1) is 11.6 Å². The highest BCUT2D eigenvalue weighted by Crippen LogP contribution is 2.22. The fourth-order valence-corrected chi connectivity index (χ4v) is 3.86. The summed E-state index contributed by atoms with van der Waals surface area (Å²) in [4.78, 5) is 30.6. The normalized spacial score (nSPS) is 10.6. The van der Waals surface area contributed by atoms with Gasteiger partial charge in [-0.15, -0.1) is 0 Å². The Morgan fingerprint density at radius 1 is 0.881 bits per heavy atom. The van der Waals surface area contributed by atoms with E-state index in [9.17, 15) is 18.4 Å². The molecule has 0 saturated carbocycles. The first kappa shape index (κ1) is 31.6. The molecule has 0 aliphatic rings. The number of hydrogen-bond acceptors (Lipinski definition) is 7. The smallest absolute Gasteiger partial charge is 0.341 e. The first-order valence-corrected chi connectivity index (χ1v) is 13.5. The second kappa shape index (κ2) is 19.0. The zero-order valence-electron chi connectivity index (χ0n) is 25.6. The lowest BCUT2D eigenvalue weighted by molar-refractivity contribution is 0.0692. The first-order valence-electron chi connectivity index (χ1n) is 13.3. The topological polar surface area (TPSA) is 125 Å². The summed E-state index contributed by atoms with van der Waals surface area (Å²) in [5.74, 6) is -1.17. The molecule has 0 saturated heterocycles. The third kappa shape index (κ3) is 12.3. The van der Waals surface area contributed by atoms with Gasteiger partial charge < -0.3 is 20.3 Å². The van der Waals surface area contributed by atoms with Gasteiger partial charge in [0.2, 0.25) is 11.8 Å². The van der Waals surface area contributed by atoms with Gasteiger partial charge in [0.1, 0.15) is 17.2 Å². The summed E-state index contributed by atoms with van der Waals surface area (Å²) in [6, 6.07) is 15.4. The summed E-state index contributed by atoms with van der Waals surface area (Å²) < 4.78 is 54.1. The Balaban J connectivity index is 0.000000344. The van der Waals surface area contributed by atoms with Crippen LogP contribution in [0.3, 0.4) is 0 Å². The van der Waals surface area contributed by atoms with Crippen molar-refractivity contribution >= 4 is 53.3 Å². The maximum Gasteiger partial charge on any atom is 0.341 e. The van der Waals surface area contributed by atoms with E-state index in [2.05, 4.69) is 41.8 Å². The van der Waals surface area contributed by atoms with Gasteiger partial charge in [0.05, 0.1) is 23.6 Å². The van der Waals surface area contributed by atoms with Crippen molar-refractivity contribution in [1.29, 1.82) is 3.84 Å². The average molecular weight is 735 g/mol. The van der Waals surface area contributed by atoms with Crippen LogP contribution in [-0.4, -0.2) is 44.9 Å². The van der Waals surface area contributed by atoms with E-state index in [-0.39, 0.29) is 28.9 Å². The molecular weight excluding hydrogens is 699 g/mol. The Morgan fingerprint density at radius 3 is 1.74 bits per heavy atom. The number of aromatic nitrogens is 2. The molecule has 0 radical (unpaired) electrons. The summed E-state index contributed by atoms with van der Waals surface area (Å²) in [7, 11) is 0.986. The lowest BCUT2D eigenvalue weighted by atomic mass is 10.0. The van der Waals surface area contributed by atoms with Gasteiger partial charge in [-0.1, -0.05) is 24.3 Å². The van der Waals surface area contributed by atoms with E-state index in [1.807, 2.05) is 0 Å². The minimum Gasteiger partial charge on any atom is -0.480 e. The number of nitrogens with zero attached hydrogens (tertiary/aromatic N) is 2. The lowest BCUT2D eigenvalue weighted by Crippen LogP contribution is -2.05. The molecule has 0 fully saturated rings. The minimum atomic E-state index is -1.87. The predicted octanol–water partition coefficient (Wildman–Crippen LogP) is 6.70. The van der Waals surface area contributed by atoms with Crippen molar-refractivity contribution in [3.8, 4) is 11.8 Å². The SMILES string of the molecule is COc1ncc(Br)cc1C(=O)CCc1ccc(F)cc1.COc1ncc(Br)cc1C(=O)O.NCc1ccc(F)cc1.[3H]P([3H])[3H]. The number of halogens is 4. The number of carboxylic acid groups (broad SMARTS) is 1. The number of ether oxygens (including phenoxy) is 2. The van der Waals surface area contributed by atoms with Crippen molar-refractivity contribution in [2.45, 2.75) is 19.4 Å². The maximum absolute atomic E-state index is 12.8. The Bertz CT molecular complexity index is 1510. The molecule has 0 amide bonds. The number of methoxy groups -OCH3 is 2. The van der Waals surface area contributed by atoms with Crippen LogP contribution in [0.25, 0.3) is 0 Å². The number of carbonyl (C=O) groups is 2. The molecule has 13 heteroatoms. The molecule has 224 valence electrons. The minimum absolute atomic E-state index is 0.0480. The third-order valence-electron chi connectivity index (χ3n) is 5.26. The van der Waals surface area contributed by atoms with Gasteiger partial charge in [0.25, 0.3) is 0 Å². The highest BCUT2D eigenvalue weighted by molar-refractivity contribution is 9.10. The number of aromatic carboxylic acids is 1. The number of hydrogen-bond donors (Lipinski definition) is 2. The number of carboxylic acids is 1. The fraction of sp³-hybridized carbons (Fsp3) is 0.172. The van der Waals surface area contributed by atoms with Crippen LogP contribution in [0.1, 0.15) is 38.3 Å². The van der Waals surface area contributed by atoms with Gasteiger partial charge in [-0.05, 0) is 85.8 Å². The van der Waals surface area contributed by atoms with Gasteiger partial charge in [0.15, 0.2) is 5.78 Å². The van der Waals surface area contributed by atoms with E-state index in [0.29, 0.717) is 35.3 Å². The van der Waals surface area contributed by atoms with Crippen molar-refractivity contribution in [2.75, 3.05) is 14.2 Å². The zero-order valence-corrected chi connectivity index (χ0v) is 26.6. The zero-order chi connectivity index (χ0) is 33.9. The van der Waals surface area contributed by atoms with E-state index in [4.69, 9.17) is 24.1 Å². The number of Topliss-reactive ketones (excluding diaryl/α,β-unsaturated/α-hetero) is 1. The second-order valence-corrected chi connectivity index (χ2v) is 9.94. The monoisotopic (exact) mass is 733 g/mol. The standard InChI is InChI=1S/C15H13BrFNO2.C7H6BrNO3.C7H8FN.H3P/c1-20-15-13(8-11(16)9-18-15)14(19)7-4-10-2-5-12(17)6-3-10;1-12-6-5(7(10)11)2-4(8)3-9-6;8-7-3-1-6(5-9)2-4-7;/h2-3,5-6,8-9H,4,7H2,1H3;2-3H,1H3,(H,10,11);1-4H,5,9H2;1H3/i;;;1T3. The molecule has 0 spiro atoms. The van der Waals surface area contributed by atoms with Gasteiger partial charge >= 0.3 is 5.97 Å². The molecular formula is C29H30Br2F2N3O5P. The molecule has 2 heterocycles. The number of aryl methyl sites for hydroxylation is 1. The summed E-state index contributed by atoms with van der Waals surface area (Å²) in [5, 5.41) is 8.68. The maximum atomic E-state index is 12.8. The van der Waals surface area contributed by atoms with E-state index < -0.39 is 15.7 Å². The first-order chi connectivity index (χ1) is 21.3. The molecule has 8 nitrogen and oxygen atoms in total. The van der Waals surface area contributed by atoms with Crippen LogP contribution >= 0.6 is 41.6 Å². The number of rotatable bonds is 8. The Morgan fingerprint density at radius 2 is 1.31 bits per heavy atom. The molecule has 0 aliphatic heterocycles. The van der Waals surface area contributed by atoms with Crippen molar-refractivity contribution in [1.82, 2.24) is 9.97 Å². The second-order valence-electron chi connectivity index (χ2n) is 8.11.